The number of likely N-dealkylation sites (tertiary alicyclic amines) is 1. The van der Waals surface area contributed by atoms with E-state index >= 15 is 0 Å². The number of esters is 1. The van der Waals surface area contributed by atoms with Crippen LogP contribution in [0.15, 0.2) is 47.7 Å². The second-order valence-corrected chi connectivity index (χ2v) is 12.3. The molecule has 40 heavy (non-hydrogen) atoms. The molecule has 5 heterocycles. The van der Waals surface area contributed by atoms with Crippen molar-refractivity contribution in [2.45, 2.75) is 62.1 Å². The van der Waals surface area contributed by atoms with Gasteiger partial charge in [0.25, 0.3) is 5.91 Å². The van der Waals surface area contributed by atoms with Crippen LogP contribution in [0.3, 0.4) is 0 Å². The summed E-state index contributed by atoms with van der Waals surface area (Å²) in [7, 11) is 1.50. The van der Waals surface area contributed by atoms with E-state index in [0.717, 1.165) is 11.3 Å². The lowest BCUT2D eigenvalue weighted by Crippen LogP contribution is -2.51. The highest BCUT2D eigenvalue weighted by atomic mass is 16.7. The van der Waals surface area contributed by atoms with Crippen LogP contribution in [-0.2, 0) is 29.3 Å². The molecule has 10 atom stereocenters. The normalized spacial score (nSPS) is 45.5. The molecule has 10 unspecified atom stereocenters. The summed E-state index contributed by atoms with van der Waals surface area (Å²) in [4.78, 5) is 35.1. The van der Waals surface area contributed by atoms with Crippen LogP contribution in [0.2, 0.25) is 0 Å². The van der Waals surface area contributed by atoms with E-state index in [1.54, 1.807) is 13.1 Å². The van der Waals surface area contributed by atoms with Gasteiger partial charge in [0, 0.05) is 30.6 Å². The van der Waals surface area contributed by atoms with Crippen LogP contribution >= 0.6 is 0 Å². The number of hydrogen-bond donors (Lipinski definition) is 3. The zero-order valence-electron chi connectivity index (χ0n) is 22.9. The molecule has 0 aromatic heterocycles. The zero-order chi connectivity index (χ0) is 28.1. The summed E-state index contributed by atoms with van der Waals surface area (Å²) < 4.78 is 12.1. The SMILES string of the molecule is CC=C1CN(C=C2C(=O)OC3C(O)C(C)C(O)(CO)C23)C2CC3(C(=O)N(OC)c4ccccc43)C3CC1C2CO3. The molecule has 2 aliphatic carbocycles. The average molecular weight is 553 g/mol. The summed E-state index contributed by atoms with van der Waals surface area (Å²) in [6.07, 6.45) is 2.71. The highest BCUT2D eigenvalue weighted by Crippen LogP contribution is 2.58. The predicted molar refractivity (Wildman–Crippen MR) is 141 cm³/mol. The van der Waals surface area contributed by atoms with E-state index < -0.39 is 47.6 Å². The highest BCUT2D eigenvalue weighted by Gasteiger charge is 2.66. The standard InChI is InChI=1S/C30H36N2O8/c1-4-16-11-31(12-18-24-26(40-27(18)35)25(34)15(2)30(24,37)14-33)22-10-29(23-9-17(16)19(22)13-39-23)20-7-5-6-8-21(20)32(38-3)28(29)36/h4-8,12,15,17,19,22-26,33-34,37H,9-11,13-14H2,1-3H3. The molecule has 6 fully saturated rings. The largest absolute Gasteiger partial charge is 0.455 e. The van der Waals surface area contributed by atoms with Gasteiger partial charge in [0.2, 0.25) is 0 Å². The molecule has 4 bridgehead atoms. The fourth-order valence-electron chi connectivity index (χ4n) is 8.76. The lowest BCUT2D eigenvalue weighted by molar-refractivity contribution is -0.143. The number of nitrogens with zero attached hydrogens (tertiary/aromatic N) is 2. The molecule has 10 nitrogen and oxygen atoms in total. The Bertz CT molecular complexity index is 1330. The number of aliphatic hydroxyl groups excluding tert-OH is 2. The maximum Gasteiger partial charge on any atom is 0.336 e. The van der Waals surface area contributed by atoms with Gasteiger partial charge >= 0.3 is 5.97 Å². The average Bonchev–Trinajstić information content (AvgIpc) is 3.39. The summed E-state index contributed by atoms with van der Waals surface area (Å²) in [6, 6.07) is 7.55. The monoisotopic (exact) mass is 552 g/mol. The van der Waals surface area contributed by atoms with Crippen LogP contribution in [0.5, 0.6) is 0 Å². The van der Waals surface area contributed by atoms with Crippen LogP contribution in [0.1, 0.15) is 32.3 Å². The van der Waals surface area contributed by atoms with Gasteiger partial charge in [-0.05, 0) is 37.3 Å². The molecular formula is C30H36N2O8. The van der Waals surface area contributed by atoms with Crippen LogP contribution < -0.4 is 5.06 Å². The maximum atomic E-state index is 14.2. The van der Waals surface area contributed by atoms with Gasteiger partial charge in [-0.25, -0.2) is 4.79 Å². The van der Waals surface area contributed by atoms with Crippen molar-refractivity contribution in [1.29, 1.82) is 0 Å². The first-order valence-electron chi connectivity index (χ1n) is 14.2. The molecule has 7 aliphatic rings. The number of benzene rings is 1. The first kappa shape index (κ1) is 26.2. The molecular weight excluding hydrogens is 516 g/mol. The quantitative estimate of drug-likeness (QED) is 0.286. The van der Waals surface area contributed by atoms with Crippen molar-refractivity contribution < 1.29 is 39.2 Å². The smallest absolute Gasteiger partial charge is 0.336 e. The Morgan fingerprint density at radius 3 is 2.75 bits per heavy atom. The minimum Gasteiger partial charge on any atom is -0.455 e. The number of fused-ring (bicyclic) bond motifs is 3. The number of rotatable bonds is 3. The van der Waals surface area contributed by atoms with Crippen LogP contribution in [-0.4, -0.2) is 88.9 Å². The Kier molecular flexibility index (Phi) is 5.80. The number of para-hydroxylation sites is 1. The number of allylic oxidation sites excluding steroid dienone is 1. The molecule has 214 valence electrons. The third-order valence-electron chi connectivity index (χ3n) is 10.9. The Hall–Kier alpha value is -2.76. The molecule has 2 saturated carbocycles. The van der Waals surface area contributed by atoms with Crippen molar-refractivity contribution in [3.63, 3.8) is 0 Å². The topological polar surface area (TPSA) is 129 Å². The predicted octanol–water partition coefficient (Wildman–Crippen LogP) is 1.05. The number of carbonyl (C=O) groups is 2. The van der Waals surface area contributed by atoms with Crippen molar-refractivity contribution in [3.8, 4) is 0 Å². The summed E-state index contributed by atoms with van der Waals surface area (Å²) in [5.41, 5.74) is 0.407. The fourth-order valence-corrected chi connectivity index (χ4v) is 8.76. The molecule has 5 aliphatic heterocycles. The van der Waals surface area contributed by atoms with Crippen molar-refractivity contribution in [2.75, 3.05) is 31.9 Å². The zero-order valence-corrected chi connectivity index (χ0v) is 22.9. The molecule has 1 spiro atoms. The second-order valence-electron chi connectivity index (χ2n) is 12.3. The van der Waals surface area contributed by atoms with E-state index in [1.807, 2.05) is 31.2 Å². The summed E-state index contributed by atoms with van der Waals surface area (Å²) in [6.45, 7) is 4.10. The van der Waals surface area contributed by atoms with E-state index in [4.69, 9.17) is 14.3 Å². The first-order chi connectivity index (χ1) is 19.2. The van der Waals surface area contributed by atoms with Gasteiger partial charge < -0.3 is 29.7 Å². The molecule has 10 heteroatoms. The minimum atomic E-state index is -1.70. The summed E-state index contributed by atoms with van der Waals surface area (Å²) >= 11 is 0. The van der Waals surface area contributed by atoms with Crippen molar-refractivity contribution in [2.24, 2.45) is 23.7 Å². The molecule has 1 aromatic rings. The Labute approximate surface area is 232 Å². The number of carbonyl (C=O) groups excluding carboxylic acids is 2. The number of ether oxygens (including phenoxy) is 2. The third-order valence-corrected chi connectivity index (χ3v) is 10.9. The summed E-state index contributed by atoms with van der Waals surface area (Å²) in [5.74, 6) is -1.99. The van der Waals surface area contributed by atoms with E-state index in [-0.39, 0.29) is 35.5 Å². The first-order valence-corrected chi connectivity index (χ1v) is 14.2. The van der Waals surface area contributed by atoms with Crippen molar-refractivity contribution in [1.82, 2.24) is 4.90 Å². The number of hydroxylamine groups is 1. The molecule has 4 saturated heterocycles. The van der Waals surface area contributed by atoms with Gasteiger partial charge in [0.15, 0.2) is 0 Å². The van der Waals surface area contributed by atoms with Crippen LogP contribution in [0, 0.1) is 23.7 Å². The van der Waals surface area contributed by atoms with E-state index in [9.17, 15) is 24.9 Å². The molecule has 0 radical (unpaired) electrons. The number of anilines is 1. The van der Waals surface area contributed by atoms with E-state index in [2.05, 4.69) is 11.0 Å². The lowest BCUT2D eigenvalue weighted by Gasteiger charge is -2.47. The van der Waals surface area contributed by atoms with Gasteiger partial charge in [-0.15, -0.1) is 0 Å². The number of amides is 1. The van der Waals surface area contributed by atoms with Gasteiger partial charge in [0.05, 0.1) is 49.7 Å². The fraction of sp³-hybridized carbons (Fsp3) is 0.600. The van der Waals surface area contributed by atoms with Crippen LogP contribution in [0.4, 0.5) is 5.69 Å². The van der Waals surface area contributed by atoms with Crippen molar-refractivity contribution >= 4 is 17.6 Å². The van der Waals surface area contributed by atoms with E-state index in [1.165, 1.54) is 17.7 Å². The van der Waals surface area contributed by atoms with Crippen LogP contribution in [0.25, 0.3) is 0 Å². The maximum absolute atomic E-state index is 14.2. The minimum absolute atomic E-state index is 0.0852. The molecule has 8 rings (SSSR count). The Morgan fingerprint density at radius 2 is 2.02 bits per heavy atom. The Morgan fingerprint density at radius 1 is 1.25 bits per heavy atom. The molecule has 3 N–H and O–H groups in total. The van der Waals surface area contributed by atoms with Gasteiger partial charge in [-0.2, -0.15) is 5.06 Å². The van der Waals surface area contributed by atoms with Crippen molar-refractivity contribution in [3.05, 3.63) is 53.3 Å². The second kappa shape index (κ2) is 8.87. The number of piperidine rings is 1. The van der Waals surface area contributed by atoms with Gasteiger partial charge in [0.1, 0.15) is 17.1 Å². The molecule has 1 amide bonds. The number of aliphatic hydroxyl groups is 3. The Balaban J connectivity index is 1.35. The van der Waals surface area contributed by atoms with Gasteiger partial charge in [-0.1, -0.05) is 36.8 Å². The third kappa shape index (κ3) is 3.11. The number of hydrogen-bond acceptors (Lipinski definition) is 9. The highest BCUT2D eigenvalue weighted by molar-refractivity contribution is 6.07. The van der Waals surface area contributed by atoms with E-state index in [0.29, 0.717) is 26.0 Å². The lowest BCUT2D eigenvalue weighted by atomic mass is 9.72. The summed E-state index contributed by atoms with van der Waals surface area (Å²) in [5, 5.41) is 33.7. The molecule has 1 aromatic carbocycles. The van der Waals surface area contributed by atoms with Gasteiger partial charge in [-0.3, -0.25) is 9.63 Å².